The molecule has 1 aromatic carbocycles. The molecule has 3 N–H and O–H groups in total. The number of ether oxygens (including phenoxy) is 1. The first-order chi connectivity index (χ1) is 13.5. The van der Waals surface area contributed by atoms with Crippen LogP contribution in [0.2, 0.25) is 0 Å². The zero-order chi connectivity index (χ0) is 19.8. The second kappa shape index (κ2) is 7.64. The molecule has 2 aromatic heterocycles. The number of hydrogen-bond donors (Lipinski definition) is 2. The lowest BCUT2D eigenvalue weighted by atomic mass is 9.88. The van der Waals surface area contributed by atoms with Crippen LogP contribution >= 0.6 is 11.3 Å². The van der Waals surface area contributed by atoms with Gasteiger partial charge in [0.25, 0.3) is 0 Å². The summed E-state index contributed by atoms with van der Waals surface area (Å²) in [6.07, 6.45) is 6.03. The molecule has 0 saturated carbocycles. The first-order valence-corrected chi connectivity index (χ1v) is 10.8. The largest absolute Gasteiger partial charge is 0.398 e. The van der Waals surface area contributed by atoms with E-state index in [0.717, 1.165) is 40.1 Å². The van der Waals surface area contributed by atoms with Crippen molar-refractivity contribution in [3.63, 3.8) is 0 Å². The van der Waals surface area contributed by atoms with Gasteiger partial charge < -0.3 is 15.9 Å². The average molecular weight is 394 g/mol. The Hall–Kier alpha value is -2.24. The predicted molar refractivity (Wildman–Crippen MR) is 119 cm³/mol. The number of anilines is 1. The molecule has 1 aliphatic carbocycles. The molecule has 1 aliphatic rings. The van der Waals surface area contributed by atoms with Crippen LogP contribution in [0, 0.1) is 12.3 Å². The minimum atomic E-state index is -0.0420. The van der Waals surface area contributed by atoms with Crippen molar-refractivity contribution in [3.05, 3.63) is 45.5 Å². The summed E-state index contributed by atoms with van der Waals surface area (Å²) in [7, 11) is 0. The van der Waals surface area contributed by atoms with Gasteiger partial charge in [-0.3, -0.25) is 0 Å². The van der Waals surface area contributed by atoms with Gasteiger partial charge in [-0.2, -0.15) is 0 Å². The molecule has 4 nitrogen and oxygen atoms in total. The third-order valence-corrected chi connectivity index (χ3v) is 6.87. The Morgan fingerprint density at radius 3 is 2.82 bits per heavy atom. The molecule has 0 fully saturated rings. The highest BCUT2D eigenvalue weighted by atomic mass is 32.1. The highest BCUT2D eigenvalue weighted by molar-refractivity contribution is 7.19. The molecule has 4 rings (SSSR count). The molecule has 1 unspecified atom stereocenters. The van der Waals surface area contributed by atoms with Crippen LogP contribution < -0.4 is 5.73 Å². The highest BCUT2D eigenvalue weighted by Crippen LogP contribution is 2.45. The van der Waals surface area contributed by atoms with Gasteiger partial charge in [-0.25, -0.2) is 4.98 Å². The molecule has 0 saturated heterocycles. The molecule has 2 heterocycles. The van der Waals surface area contributed by atoms with E-state index < -0.39 is 0 Å². The smallest absolute Gasteiger partial charge is 0.124 e. The van der Waals surface area contributed by atoms with Crippen LogP contribution in [-0.4, -0.2) is 17.8 Å². The quantitative estimate of drug-likeness (QED) is 0.423. The third kappa shape index (κ3) is 3.12. The summed E-state index contributed by atoms with van der Waals surface area (Å²) in [6.45, 7) is 6.88. The fraction of sp³-hybridized carbons (Fsp3) is 0.391. The Bertz CT molecular complexity index is 1050. The number of hydrogen-bond acceptors (Lipinski definition) is 5. The van der Waals surface area contributed by atoms with E-state index in [1.807, 2.05) is 30.4 Å². The summed E-state index contributed by atoms with van der Waals surface area (Å²) in [6, 6.07) is 6.02. The van der Waals surface area contributed by atoms with Crippen LogP contribution in [0.4, 0.5) is 5.69 Å². The van der Waals surface area contributed by atoms with Crippen LogP contribution in [-0.2, 0) is 17.6 Å². The number of rotatable bonds is 5. The Morgan fingerprint density at radius 1 is 1.32 bits per heavy atom. The van der Waals surface area contributed by atoms with Gasteiger partial charge in [-0.15, -0.1) is 11.3 Å². The van der Waals surface area contributed by atoms with E-state index in [9.17, 15) is 0 Å². The number of nitrogens with two attached hydrogens (primary N) is 1. The summed E-state index contributed by atoms with van der Waals surface area (Å²) < 4.78 is 6.01. The molecule has 146 valence electrons. The molecule has 0 spiro atoms. The Balaban J connectivity index is 2.07. The van der Waals surface area contributed by atoms with Gasteiger partial charge in [0.2, 0.25) is 0 Å². The third-order valence-electron chi connectivity index (χ3n) is 5.69. The molecular weight excluding hydrogens is 366 g/mol. The van der Waals surface area contributed by atoms with Crippen molar-refractivity contribution < 1.29 is 4.74 Å². The van der Waals surface area contributed by atoms with Crippen molar-refractivity contribution >= 4 is 33.5 Å². The van der Waals surface area contributed by atoms with Gasteiger partial charge in [-0.05, 0) is 69.2 Å². The van der Waals surface area contributed by atoms with Gasteiger partial charge in [0, 0.05) is 45.6 Å². The number of benzene rings is 1. The van der Waals surface area contributed by atoms with E-state index in [-0.39, 0.29) is 6.10 Å². The number of thiophene rings is 1. The van der Waals surface area contributed by atoms with Crippen LogP contribution in [0.1, 0.15) is 60.1 Å². The van der Waals surface area contributed by atoms with Gasteiger partial charge >= 0.3 is 0 Å². The van der Waals surface area contributed by atoms with Crippen molar-refractivity contribution in [3.8, 4) is 11.1 Å². The second-order valence-corrected chi connectivity index (χ2v) is 8.55. The number of fused-ring (bicyclic) bond motifs is 3. The fourth-order valence-electron chi connectivity index (χ4n) is 4.41. The normalized spacial score (nSPS) is 14.8. The van der Waals surface area contributed by atoms with Crippen LogP contribution in [0.5, 0.6) is 0 Å². The second-order valence-electron chi connectivity index (χ2n) is 7.46. The van der Waals surface area contributed by atoms with Crippen LogP contribution in [0.25, 0.3) is 21.3 Å². The molecular formula is C23H27N3OS. The predicted octanol–water partition coefficient (Wildman–Crippen LogP) is 5.83. The molecule has 0 radical (unpaired) electrons. The Kier molecular flexibility index (Phi) is 5.21. The molecule has 3 aromatic rings. The van der Waals surface area contributed by atoms with E-state index in [1.54, 1.807) is 0 Å². The SMILES string of the molecule is CCOC(C)c1c(C)nc2sc3c(c2c1-c1ccc(C=N)c(N)c1)CCCC3. The number of aryl methyl sites for hydroxylation is 3. The molecule has 5 heteroatoms. The highest BCUT2D eigenvalue weighted by Gasteiger charge is 2.26. The van der Waals surface area contributed by atoms with Crippen LogP contribution in [0.3, 0.4) is 0 Å². The zero-order valence-corrected chi connectivity index (χ0v) is 17.6. The van der Waals surface area contributed by atoms with Gasteiger partial charge in [0.15, 0.2) is 0 Å². The minimum Gasteiger partial charge on any atom is -0.398 e. The standard InChI is InChI=1S/C23H27N3OS/c1-4-27-14(3)20-13(2)26-23-22(17-7-5-6-8-19(17)28-23)21(20)15-9-10-16(12-24)18(25)11-15/h9-12,14,24H,4-8,25H2,1-3H3. The summed E-state index contributed by atoms with van der Waals surface area (Å²) in [5, 5.41) is 8.84. The van der Waals surface area contributed by atoms with Crippen molar-refractivity contribution in [1.82, 2.24) is 4.98 Å². The maximum absolute atomic E-state index is 7.56. The van der Waals surface area contributed by atoms with Crippen molar-refractivity contribution in [2.45, 2.75) is 52.6 Å². The summed E-state index contributed by atoms with van der Waals surface area (Å²) in [5.41, 5.74) is 13.6. The molecule has 28 heavy (non-hydrogen) atoms. The maximum atomic E-state index is 7.56. The van der Waals surface area contributed by atoms with Crippen molar-refractivity contribution in [1.29, 1.82) is 5.41 Å². The van der Waals surface area contributed by atoms with E-state index in [2.05, 4.69) is 19.9 Å². The molecule has 1 atom stereocenters. The summed E-state index contributed by atoms with van der Waals surface area (Å²) in [4.78, 5) is 7.61. The number of nitrogens with zero attached hydrogens (tertiary/aromatic N) is 1. The number of pyridine rings is 1. The summed E-state index contributed by atoms with van der Waals surface area (Å²) in [5.74, 6) is 0. The Morgan fingerprint density at radius 2 is 2.11 bits per heavy atom. The lowest BCUT2D eigenvalue weighted by Gasteiger charge is -2.21. The lowest BCUT2D eigenvalue weighted by Crippen LogP contribution is -2.07. The number of nitrogens with one attached hydrogen (secondary N) is 1. The van der Waals surface area contributed by atoms with Crippen LogP contribution in [0.15, 0.2) is 18.2 Å². The Labute approximate surface area is 170 Å². The number of nitrogen functional groups attached to an aromatic ring is 1. The number of aromatic nitrogens is 1. The molecule has 0 bridgehead atoms. The first-order valence-electron chi connectivity index (χ1n) is 10.0. The fourth-order valence-corrected chi connectivity index (χ4v) is 5.73. The van der Waals surface area contributed by atoms with E-state index in [4.69, 9.17) is 20.9 Å². The van der Waals surface area contributed by atoms with E-state index >= 15 is 0 Å². The van der Waals surface area contributed by atoms with Gasteiger partial charge in [-0.1, -0.05) is 12.1 Å². The van der Waals surface area contributed by atoms with Gasteiger partial charge in [0.05, 0.1) is 6.10 Å². The average Bonchev–Trinajstić information content (AvgIpc) is 3.04. The lowest BCUT2D eigenvalue weighted by molar-refractivity contribution is 0.0762. The maximum Gasteiger partial charge on any atom is 0.124 e. The zero-order valence-electron chi connectivity index (χ0n) is 16.8. The molecule has 0 amide bonds. The monoisotopic (exact) mass is 393 g/mol. The van der Waals surface area contributed by atoms with Crippen molar-refractivity contribution in [2.75, 3.05) is 12.3 Å². The first kappa shape index (κ1) is 19.1. The van der Waals surface area contributed by atoms with E-state index in [1.165, 1.54) is 40.4 Å². The van der Waals surface area contributed by atoms with E-state index in [0.29, 0.717) is 12.3 Å². The summed E-state index contributed by atoms with van der Waals surface area (Å²) >= 11 is 1.85. The van der Waals surface area contributed by atoms with Gasteiger partial charge in [0.1, 0.15) is 4.83 Å². The topological polar surface area (TPSA) is 72.0 Å². The van der Waals surface area contributed by atoms with Crippen molar-refractivity contribution in [2.24, 2.45) is 0 Å². The molecule has 0 aliphatic heterocycles. The minimum absolute atomic E-state index is 0.0420.